The number of nitrogens with zero attached hydrogens (tertiary/aromatic N) is 2. The molecule has 1 atom stereocenters. The van der Waals surface area contributed by atoms with E-state index in [1.165, 1.54) is 27.6 Å². The van der Waals surface area contributed by atoms with E-state index in [2.05, 4.69) is 89.7 Å². The molecular weight excluding hydrogens is 406 g/mol. The summed E-state index contributed by atoms with van der Waals surface area (Å²) in [5.74, 6) is 0.606. The number of hydrogen-bond acceptors (Lipinski definition) is 2. The van der Waals surface area contributed by atoms with E-state index in [9.17, 15) is 4.79 Å². The molecule has 4 nitrogen and oxygen atoms in total. The van der Waals surface area contributed by atoms with Gasteiger partial charge in [0.1, 0.15) is 0 Å². The topological polar surface area (TPSA) is 39.3 Å². The van der Waals surface area contributed by atoms with Gasteiger partial charge in [-0.25, -0.2) is 0 Å². The summed E-state index contributed by atoms with van der Waals surface area (Å²) >= 11 is 0. The van der Waals surface area contributed by atoms with Crippen LogP contribution in [0.3, 0.4) is 0 Å². The van der Waals surface area contributed by atoms with Gasteiger partial charge in [0.25, 0.3) is 0 Å². The number of benzene rings is 2. The largest absolute Gasteiger partial charge is 0.361 e. The zero-order valence-electron chi connectivity index (χ0n) is 19.9. The van der Waals surface area contributed by atoms with Gasteiger partial charge in [-0.1, -0.05) is 54.1 Å². The van der Waals surface area contributed by atoms with E-state index >= 15 is 0 Å². The van der Waals surface area contributed by atoms with Crippen molar-refractivity contribution in [3.8, 4) is 0 Å². The van der Waals surface area contributed by atoms with Crippen molar-refractivity contribution in [1.29, 1.82) is 0 Å². The fraction of sp³-hybridized carbons (Fsp3) is 0.414. The van der Waals surface area contributed by atoms with Gasteiger partial charge >= 0.3 is 0 Å². The second kappa shape index (κ2) is 9.18. The van der Waals surface area contributed by atoms with Gasteiger partial charge in [-0.15, -0.1) is 0 Å². The van der Waals surface area contributed by atoms with Crippen LogP contribution in [0.2, 0.25) is 0 Å². The predicted molar refractivity (Wildman–Crippen MR) is 135 cm³/mol. The van der Waals surface area contributed by atoms with Crippen LogP contribution in [0.15, 0.2) is 72.4 Å². The highest BCUT2D eigenvalue weighted by Crippen LogP contribution is 2.43. The molecule has 4 heteroatoms. The number of amides is 1. The van der Waals surface area contributed by atoms with Gasteiger partial charge in [-0.2, -0.15) is 0 Å². The number of likely N-dealkylation sites (tertiary alicyclic amines) is 1. The number of aromatic amines is 1. The van der Waals surface area contributed by atoms with Crippen LogP contribution in [-0.2, 0) is 10.3 Å². The van der Waals surface area contributed by atoms with Crippen molar-refractivity contribution in [3.63, 3.8) is 0 Å². The summed E-state index contributed by atoms with van der Waals surface area (Å²) in [6.07, 6.45) is 10.4. The zero-order chi connectivity index (χ0) is 22.8. The van der Waals surface area contributed by atoms with E-state index in [1.54, 1.807) is 0 Å². The second-order valence-corrected chi connectivity index (χ2v) is 10.0. The lowest BCUT2D eigenvalue weighted by molar-refractivity contribution is -0.127. The molecule has 0 bridgehead atoms. The quantitative estimate of drug-likeness (QED) is 0.517. The Labute approximate surface area is 197 Å². The van der Waals surface area contributed by atoms with Gasteiger partial charge in [0, 0.05) is 47.7 Å². The Balaban J connectivity index is 1.27. The smallest absolute Gasteiger partial charge is 0.246 e. The predicted octanol–water partition coefficient (Wildman–Crippen LogP) is 5.83. The standard InChI is InChI=1S/C29H35N3O/c1-31(2)29(24-10-4-3-5-11-24)16-14-22(15-17-29)19-28(33)32-18-8-9-23(21-32)26-20-30-27-13-7-6-12-25(26)27/h3-7,10-13,19-20,23,30H,8-9,14-18,21H2,1-2H3. The van der Waals surface area contributed by atoms with Crippen molar-refractivity contribution >= 4 is 16.8 Å². The summed E-state index contributed by atoms with van der Waals surface area (Å²) in [5, 5.41) is 1.29. The van der Waals surface area contributed by atoms with Crippen molar-refractivity contribution < 1.29 is 4.79 Å². The lowest BCUT2D eigenvalue weighted by Gasteiger charge is -2.44. The van der Waals surface area contributed by atoms with Gasteiger partial charge in [0.15, 0.2) is 0 Å². The van der Waals surface area contributed by atoms with E-state index in [0.717, 1.165) is 51.6 Å². The SMILES string of the molecule is CN(C)C1(c2ccccc2)CCC(=CC(=O)N2CCCC(c3c[nH]c4ccccc34)C2)CC1. The number of fused-ring (bicyclic) bond motifs is 1. The minimum atomic E-state index is 0.0627. The summed E-state index contributed by atoms with van der Waals surface area (Å²) in [5.41, 5.74) is 5.29. The minimum Gasteiger partial charge on any atom is -0.361 e. The number of carbonyl (C=O) groups excluding carboxylic acids is 1. The summed E-state index contributed by atoms with van der Waals surface area (Å²) in [4.78, 5) is 21.1. The number of aromatic nitrogens is 1. The number of piperidine rings is 1. The molecule has 1 aliphatic carbocycles. The normalized spacial score (nSPS) is 23.8. The lowest BCUT2D eigenvalue weighted by atomic mass is 9.74. The first-order chi connectivity index (χ1) is 16.1. The molecule has 3 aromatic rings. The Morgan fingerprint density at radius 1 is 1.06 bits per heavy atom. The van der Waals surface area contributed by atoms with Crippen LogP contribution in [0.25, 0.3) is 10.9 Å². The van der Waals surface area contributed by atoms with Crippen LogP contribution in [0.1, 0.15) is 55.6 Å². The Morgan fingerprint density at radius 2 is 1.79 bits per heavy atom. The first-order valence-electron chi connectivity index (χ1n) is 12.3. The molecule has 1 saturated heterocycles. The van der Waals surface area contributed by atoms with E-state index < -0.39 is 0 Å². The Hall–Kier alpha value is -2.85. The molecule has 1 unspecified atom stereocenters. The number of rotatable bonds is 4. The Bertz CT molecular complexity index is 1130. The maximum atomic E-state index is 13.2. The highest BCUT2D eigenvalue weighted by Gasteiger charge is 2.37. The second-order valence-electron chi connectivity index (χ2n) is 10.0. The third-order valence-corrected chi connectivity index (χ3v) is 8.01. The Morgan fingerprint density at radius 3 is 2.55 bits per heavy atom. The molecule has 1 saturated carbocycles. The van der Waals surface area contributed by atoms with E-state index in [4.69, 9.17) is 0 Å². The number of allylic oxidation sites excluding steroid dienone is 1. The van der Waals surface area contributed by atoms with E-state index in [0.29, 0.717) is 5.92 Å². The average molecular weight is 442 g/mol. The van der Waals surface area contributed by atoms with Crippen LogP contribution in [-0.4, -0.2) is 47.9 Å². The Kier molecular flexibility index (Phi) is 6.11. The van der Waals surface area contributed by atoms with Crippen molar-refractivity contribution in [2.24, 2.45) is 0 Å². The van der Waals surface area contributed by atoms with Crippen LogP contribution < -0.4 is 0 Å². The van der Waals surface area contributed by atoms with Crippen molar-refractivity contribution in [2.75, 3.05) is 27.2 Å². The molecule has 33 heavy (non-hydrogen) atoms. The van der Waals surface area contributed by atoms with Crippen LogP contribution >= 0.6 is 0 Å². The molecule has 0 radical (unpaired) electrons. The number of carbonyl (C=O) groups is 1. The fourth-order valence-electron chi connectivity index (χ4n) is 6.00. The van der Waals surface area contributed by atoms with Crippen molar-refractivity contribution in [2.45, 2.75) is 50.0 Å². The molecule has 2 fully saturated rings. The molecule has 0 spiro atoms. The number of hydrogen-bond donors (Lipinski definition) is 1. The van der Waals surface area contributed by atoms with Gasteiger partial charge in [0.05, 0.1) is 0 Å². The first-order valence-corrected chi connectivity index (χ1v) is 12.3. The zero-order valence-corrected chi connectivity index (χ0v) is 19.9. The summed E-state index contributed by atoms with van der Waals surface area (Å²) in [7, 11) is 4.37. The molecule has 1 amide bonds. The molecule has 1 aliphatic heterocycles. The van der Waals surface area contributed by atoms with Gasteiger partial charge < -0.3 is 9.88 Å². The van der Waals surface area contributed by atoms with Crippen molar-refractivity contribution in [3.05, 3.63) is 83.6 Å². The van der Waals surface area contributed by atoms with Crippen LogP contribution in [0, 0.1) is 0 Å². The highest BCUT2D eigenvalue weighted by molar-refractivity contribution is 5.89. The summed E-state index contributed by atoms with van der Waals surface area (Å²) in [6.45, 7) is 1.68. The molecular formula is C29H35N3O. The summed E-state index contributed by atoms with van der Waals surface area (Å²) < 4.78 is 0. The third-order valence-electron chi connectivity index (χ3n) is 8.01. The molecule has 1 N–H and O–H groups in total. The molecule has 5 rings (SSSR count). The van der Waals surface area contributed by atoms with Gasteiger partial charge in [-0.3, -0.25) is 9.69 Å². The number of para-hydroxylation sites is 1. The molecule has 2 aromatic carbocycles. The van der Waals surface area contributed by atoms with Crippen LogP contribution in [0.4, 0.5) is 0 Å². The maximum absolute atomic E-state index is 13.2. The van der Waals surface area contributed by atoms with Crippen LogP contribution in [0.5, 0.6) is 0 Å². The van der Waals surface area contributed by atoms with Crippen molar-refractivity contribution in [1.82, 2.24) is 14.8 Å². The summed E-state index contributed by atoms with van der Waals surface area (Å²) in [6, 6.07) is 19.3. The molecule has 1 aromatic heterocycles. The van der Waals surface area contributed by atoms with E-state index in [1.807, 2.05) is 6.08 Å². The monoisotopic (exact) mass is 441 g/mol. The number of H-pyrrole nitrogens is 1. The molecule has 2 heterocycles. The first kappa shape index (κ1) is 22.0. The highest BCUT2D eigenvalue weighted by atomic mass is 16.2. The van der Waals surface area contributed by atoms with Gasteiger partial charge in [-0.05, 0) is 69.8 Å². The molecule has 172 valence electrons. The van der Waals surface area contributed by atoms with Gasteiger partial charge in [0.2, 0.25) is 5.91 Å². The minimum absolute atomic E-state index is 0.0627. The molecule has 2 aliphatic rings. The third kappa shape index (κ3) is 4.24. The van der Waals surface area contributed by atoms with E-state index in [-0.39, 0.29) is 11.4 Å². The lowest BCUT2D eigenvalue weighted by Crippen LogP contribution is -2.43. The fourth-order valence-corrected chi connectivity index (χ4v) is 6.00. The average Bonchev–Trinajstić information content (AvgIpc) is 3.29. The number of nitrogens with one attached hydrogen (secondary N) is 1. The maximum Gasteiger partial charge on any atom is 0.246 e.